The largest absolute Gasteiger partial charge is 0.242 e. The van der Waals surface area contributed by atoms with E-state index in [0.29, 0.717) is 5.69 Å². The van der Waals surface area contributed by atoms with Gasteiger partial charge in [0.1, 0.15) is 12.1 Å². The maximum Gasteiger partial charge on any atom is 0.242 e. The summed E-state index contributed by atoms with van der Waals surface area (Å²) in [6.07, 6.45) is 0. The Labute approximate surface area is 82.1 Å². The SMILES string of the molecule is Cc1ccccc1N=NC(C#N)C#N. The highest BCUT2D eigenvalue weighted by molar-refractivity contribution is 5.43. The lowest BCUT2D eigenvalue weighted by Crippen LogP contribution is -1.92. The molecule has 0 aliphatic heterocycles. The topological polar surface area (TPSA) is 72.3 Å². The van der Waals surface area contributed by atoms with E-state index in [1.165, 1.54) is 0 Å². The molecule has 0 fully saturated rings. The number of aryl methyl sites for hydroxylation is 1. The number of hydrogen-bond donors (Lipinski definition) is 0. The van der Waals surface area contributed by atoms with Crippen LogP contribution in [-0.2, 0) is 0 Å². The van der Waals surface area contributed by atoms with Crippen LogP contribution in [0, 0.1) is 29.6 Å². The van der Waals surface area contributed by atoms with Crippen LogP contribution in [0.2, 0.25) is 0 Å². The van der Waals surface area contributed by atoms with Gasteiger partial charge >= 0.3 is 0 Å². The molecule has 0 aliphatic rings. The maximum absolute atomic E-state index is 8.45. The lowest BCUT2D eigenvalue weighted by molar-refractivity contribution is 0.947. The summed E-state index contributed by atoms with van der Waals surface area (Å²) in [6, 6.07) is 9.81. The van der Waals surface area contributed by atoms with Crippen LogP contribution in [0.25, 0.3) is 0 Å². The van der Waals surface area contributed by atoms with Crippen LogP contribution in [0.15, 0.2) is 34.5 Å². The van der Waals surface area contributed by atoms with Gasteiger partial charge in [-0.2, -0.15) is 20.8 Å². The number of nitriles is 2. The molecule has 0 bridgehead atoms. The van der Waals surface area contributed by atoms with Crippen LogP contribution in [-0.4, -0.2) is 6.04 Å². The van der Waals surface area contributed by atoms with Gasteiger partial charge in [-0.3, -0.25) is 0 Å². The van der Waals surface area contributed by atoms with Crippen LogP contribution in [0.3, 0.4) is 0 Å². The van der Waals surface area contributed by atoms with Crippen LogP contribution >= 0.6 is 0 Å². The third kappa shape index (κ3) is 2.40. The zero-order valence-electron chi connectivity index (χ0n) is 7.68. The highest BCUT2D eigenvalue weighted by atomic mass is 15.1. The zero-order valence-corrected chi connectivity index (χ0v) is 7.68. The lowest BCUT2D eigenvalue weighted by Gasteiger charge is -1.96. The average Bonchev–Trinajstić information content (AvgIpc) is 2.22. The predicted octanol–water partition coefficient (Wildman–Crippen LogP) is 2.49. The summed E-state index contributed by atoms with van der Waals surface area (Å²) >= 11 is 0. The molecule has 0 heterocycles. The molecule has 1 rings (SSSR count). The second-order valence-corrected chi connectivity index (χ2v) is 2.66. The van der Waals surface area contributed by atoms with E-state index >= 15 is 0 Å². The molecular weight excluding hydrogens is 176 g/mol. The van der Waals surface area contributed by atoms with Crippen molar-refractivity contribution < 1.29 is 0 Å². The molecule has 0 aromatic heterocycles. The zero-order chi connectivity index (χ0) is 10.4. The van der Waals surface area contributed by atoms with E-state index in [2.05, 4.69) is 10.2 Å². The molecule has 0 saturated heterocycles. The summed E-state index contributed by atoms with van der Waals surface area (Å²) < 4.78 is 0. The highest BCUT2D eigenvalue weighted by Gasteiger charge is 2.01. The fourth-order valence-corrected chi connectivity index (χ4v) is 0.876. The van der Waals surface area contributed by atoms with E-state index in [1.807, 2.05) is 25.1 Å². The maximum atomic E-state index is 8.45. The monoisotopic (exact) mass is 184 g/mol. The summed E-state index contributed by atoms with van der Waals surface area (Å²) in [5.74, 6) is 0. The molecule has 0 unspecified atom stereocenters. The van der Waals surface area contributed by atoms with Gasteiger partial charge in [0.15, 0.2) is 0 Å². The molecule has 14 heavy (non-hydrogen) atoms. The van der Waals surface area contributed by atoms with Gasteiger partial charge in [-0.15, -0.1) is 0 Å². The first-order valence-electron chi connectivity index (χ1n) is 4.03. The minimum atomic E-state index is -1.02. The molecule has 4 heteroatoms. The van der Waals surface area contributed by atoms with Crippen molar-refractivity contribution in [3.8, 4) is 12.1 Å². The molecule has 0 aliphatic carbocycles. The van der Waals surface area contributed by atoms with E-state index < -0.39 is 6.04 Å². The van der Waals surface area contributed by atoms with Crippen molar-refractivity contribution >= 4 is 5.69 Å². The second kappa shape index (κ2) is 4.74. The second-order valence-electron chi connectivity index (χ2n) is 2.66. The van der Waals surface area contributed by atoms with Crippen molar-refractivity contribution in [3.05, 3.63) is 29.8 Å². The first-order valence-corrected chi connectivity index (χ1v) is 4.03. The first-order chi connectivity index (χ1) is 6.77. The van der Waals surface area contributed by atoms with Gasteiger partial charge in [-0.1, -0.05) is 18.2 Å². The van der Waals surface area contributed by atoms with Crippen LogP contribution in [0.5, 0.6) is 0 Å². The average molecular weight is 184 g/mol. The third-order valence-corrected chi connectivity index (χ3v) is 1.64. The van der Waals surface area contributed by atoms with E-state index in [-0.39, 0.29) is 0 Å². The number of benzene rings is 1. The molecule has 0 saturated carbocycles. The Morgan fingerprint density at radius 2 is 1.86 bits per heavy atom. The normalized spacial score (nSPS) is 10.0. The van der Waals surface area contributed by atoms with Gasteiger partial charge in [0.2, 0.25) is 6.04 Å². The smallest absolute Gasteiger partial charge is 0.195 e. The quantitative estimate of drug-likeness (QED) is 0.662. The summed E-state index contributed by atoms with van der Waals surface area (Å²) in [6.45, 7) is 1.89. The Kier molecular flexibility index (Phi) is 3.34. The van der Waals surface area contributed by atoms with Crippen molar-refractivity contribution in [1.29, 1.82) is 10.5 Å². The molecule has 0 amide bonds. The summed E-state index contributed by atoms with van der Waals surface area (Å²) in [7, 11) is 0. The van der Waals surface area contributed by atoms with Crippen molar-refractivity contribution in [2.75, 3.05) is 0 Å². The minimum absolute atomic E-state index is 0.683. The fourth-order valence-electron chi connectivity index (χ4n) is 0.876. The van der Waals surface area contributed by atoms with Crippen LogP contribution in [0.1, 0.15) is 5.56 Å². The molecule has 0 radical (unpaired) electrons. The van der Waals surface area contributed by atoms with E-state index in [1.54, 1.807) is 18.2 Å². The molecule has 4 nitrogen and oxygen atoms in total. The van der Waals surface area contributed by atoms with Gasteiger partial charge in [0, 0.05) is 0 Å². The van der Waals surface area contributed by atoms with E-state index in [9.17, 15) is 0 Å². The summed E-state index contributed by atoms with van der Waals surface area (Å²) in [5, 5.41) is 24.3. The van der Waals surface area contributed by atoms with Gasteiger partial charge in [0.05, 0.1) is 5.69 Å². The Morgan fingerprint density at radius 3 is 2.43 bits per heavy atom. The molecule has 68 valence electrons. The van der Waals surface area contributed by atoms with Gasteiger partial charge < -0.3 is 0 Å². The van der Waals surface area contributed by atoms with Gasteiger partial charge in [0.25, 0.3) is 0 Å². The molecule has 0 spiro atoms. The van der Waals surface area contributed by atoms with Crippen molar-refractivity contribution in [2.45, 2.75) is 13.0 Å². The first kappa shape index (κ1) is 9.88. The number of nitrogens with zero attached hydrogens (tertiary/aromatic N) is 4. The van der Waals surface area contributed by atoms with Crippen molar-refractivity contribution in [1.82, 2.24) is 0 Å². The molecule has 0 N–H and O–H groups in total. The standard InChI is InChI=1S/C10H8N4/c1-8-4-2-3-5-10(8)14-13-9(6-11)7-12/h2-5,9H,1H3. The fraction of sp³-hybridized carbons (Fsp3) is 0.200. The Morgan fingerprint density at radius 1 is 1.21 bits per heavy atom. The number of hydrogen-bond acceptors (Lipinski definition) is 4. The van der Waals surface area contributed by atoms with E-state index in [0.717, 1.165) is 5.56 Å². The molecule has 1 aromatic rings. The van der Waals surface area contributed by atoms with E-state index in [4.69, 9.17) is 10.5 Å². The van der Waals surface area contributed by atoms with Crippen LogP contribution in [0.4, 0.5) is 5.69 Å². The Bertz CT molecular complexity index is 408. The van der Waals surface area contributed by atoms with Crippen LogP contribution < -0.4 is 0 Å². The molecule has 0 atom stereocenters. The van der Waals surface area contributed by atoms with Gasteiger partial charge in [-0.05, 0) is 18.6 Å². The third-order valence-electron chi connectivity index (χ3n) is 1.64. The number of azo groups is 1. The minimum Gasteiger partial charge on any atom is -0.195 e. The Balaban J connectivity index is 2.86. The van der Waals surface area contributed by atoms with Gasteiger partial charge in [-0.25, -0.2) is 0 Å². The molecule has 1 aromatic carbocycles. The van der Waals surface area contributed by atoms with Crippen molar-refractivity contribution in [2.24, 2.45) is 10.2 Å². The molecular formula is C10H8N4. The highest BCUT2D eigenvalue weighted by Crippen LogP contribution is 2.17. The summed E-state index contributed by atoms with van der Waals surface area (Å²) in [5.41, 5.74) is 1.65. The predicted molar refractivity (Wildman–Crippen MR) is 50.7 cm³/mol. The number of rotatable bonds is 2. The van der Waals surface area contributed by atoms with Crippen molar-refractivity contribution in [3.63, 3.8) is 0 Å². The lowest BCUT2D eigenvalue weighted by atomic mass is 10.2. The summed E-state index contributed by atoms with van der Waals surface area (Å²) in [4.78, 5) is 0. The Hall–Kier alpha value is -2.20.